The van der Waals surface area contributed by atoms with Crippen LogP contribution in [0.25, 0.3) is 0 Å². The van der Waals surface area contributed by atoms with E-state index in [-0.39, 0.29) is 5.91 Å². The fourth-order valence-corrected chi connectivity index (χ4v) is 3.38. The van der Waals surface area contributed by atoms with Gasteiger partial charge in [0.05, 0.1) is 24.7 Å². The molecule has 22 heavy (non-hydrogen) atoms. The Morgan fingerprint density at radius 1 is 1.36 bits per heavy atom. The maximum absolute atomic E-state index is 11.9. The molecule has 1 N–H and O–H groups in total. The Bertz CT molecular complexity index is 673. The van der Waals surface area contributed by atoms with Gasteiger partial charge >= 0.3 is 0 Å². The van der Waals surface area contributed by atoms with Crippen molar-refractivity contribution in [1.29, 1.82) is 0 Å². The van der Waals surface area contributed by atoms with Gasteiger partial charge in [-0.05, 0) is 25.1 Å². The number of amides is 1. The van der Waals surface area contributed by atoms with Crippen molar-refractivity contribution in [3.8, 4) is 11.5 Å². The fraction of sp³-hybridized carbons (Fsp3) is 0.333. The molecule has 2 heterocycles. The number of anilines is 1. The molecule has 5 nitrogen and oxygen atoms in total. The van der Waals surface area contributed by atoms with Gasteiger partial charge in [-0.3, -0.25) is 4.79 Å². The number of ether oxygens (including phenoxy) is 2. The first kappa shape index (κ1) is 15.2. The van der Waals surface area contributed by atoms with Gasteiger partial charge in [-0.2, -0.15) is 0 Å². The smallest absolute Gasteiger partial charge is 0.236 e. The average molecular weight is 336 g/mol. The number of carbonyl (C=O) groups excluding carboxylic acids is 1. The molecule has 1 aromatic carbocycles. The molecule has 116 valence electrons. The highest BCUT2D eigenvalue weighted by atomic mass is 32.2. The molecule has 0 saturated heterocycles. The van der Waals surface area contributed by atoms with Crippen molar-refractivity contribution < 1.29 is 14.3 Å². The minimum Gasteiger partial charge on any atom is -0.490 e. The molecule has 0 unspecified atom stereocenters. The summed E-state index contributed by atoms with van der Waals surface area (Å²) in [6.45, 7) is 3.23. The number of hydrogen-bond acceptors (Lipinski definition) is 6. The van der Waals surface area contributed by atoms with Gasteiger partial charge in [0.15, 0.2) is 16.6 Å². The second kappa shape index (κ2) is 7.02. The fourth-order valence-electron chi connectivity index (χ4n) is 1.95. The van der Waals surface area contributed by atoms with Crippen LogP contribution in [0.5, 0.6) is 11.5 Å². The van der Waals surface area contributed by atoms with Crippen LogP contribution in [0.4, 0.5) is 5.13 Å². The summed E-state index contributed by atoms with van der Waals surface area (Å²) < 4.78 is 11.2. The van der Waals surface area contributed by atoms with Crippen molar-refractivity contribution in [2.24, 2.45) is 0 Å². The van der Waals surface area contributed by atoms with E-state index in [0.29, 0.717) is 24.1 Å². The molecule has 0 atom stereocenters. The number of aromatic nitrogens is 1. The molecule has 2 aromatic rings. The Hall–Kier alpha value is -1.73. The van der Waals surface area contributed by atoms with Gasteiger partial charge in [-0.15, -0.1) is 23.1 Å². The van der Waals surface area contributed by atoms with Crippen molar-refractivity contribution in [3.63, 3.8) is 0 Å². The maximum Gasteiger partial charge on any atom is 0.236 e. The van der Waals surface area contributed by atoms with Gasteiger partial charge in [-0.25, -0.2) is 4.98 Å². The highest BCUT2D eigenvalue weighted by Gasteiger charge is 2.12. The standard InChI is InChI=1S/C15H16N2O3S2/c1-10-8-22-15(16-10)17-14(18)9-21-11-3-4-12-13(7-11)20-6-2-5-19-12/h3-4,7-8H,2,5-6,9H2,1H3,(H,16,17,18). The van der Waals surface area contributed by atoms with Crippen LogP contribution >= 0.6 is 23.1 Å². The minimum atomic E-state index is -0.0635. The van der Waals surface area contributed by atoms with Gasteiger partial charge in [0, 0.05) is 16.7 Å². The van der Waals surface area contributed by atoms with E-state index in [0.717, 1.165) is 28.5 Å². The van der Waals surface area contributed by atoms with Gasteiger partial charge in [-0.1, -0.05) is 0 Å². The van der Waals surface area contributed by atoms with Crippen molar-refractivity contribution in [1.82, 2.24) is 4.98 Å². The monoisotopic (exact) mass is 336 g/mol. The molecule has 0 bridgehead atoms. The Labute approximate surface area is 137 Å². The minimum absolute atomic E-state index is 0.0635. The zero-order chi connectivity index (χ0) is 15.4. The molecular formula is C15H16N2O3S2. The summed E-state index contributed by atoms with van der Waals surface area (Å²) in [5.41, 5.74) is 0.913. The first-order chi connectivity index (χ1) is 10.7. The normalized spacial score (nSPS) is 13.5. The van der Waals surface area contributed by atoms with Crippen molar-refractivity contribution in [2.45, 2.75) is 18.2 Å². The zero-order valence-electron chi connectivity index (χ0n) is 12.1. The topological polar surface area (TPSA) is 60.5 Å². The molecule has 3 rings (SSSR count). The molecule has 1 aromatic heterocycles. The molecule has 0 spiro atoms. The van der Waals surface area contributed by atoms with Crippen LogP contribution in [0, 0.1) is 6.92 Å². The third kappa shape index (κ3) is 3.92. The van der Waals surface area contributed by atoms with E-state index in [1.807, 2.05) is 30.5 Å². The van der Waals surface area contributed by atoms with Crippen LogP contribution < -0.4 is 14.8 Å². The number of benzene rings is 1. The lowest BCUT2D eigenvalue weighted by molar-refractivity contribution is -0.113. The van der Waals surface area contributed by atoms with Crippen molar-refractivity contribution in [3.05, 3.63) is 29.3 Å². The largest absolute Gasteiger partial charge is 0.490 e. The number of thiazole rings is 1. The number of nitrogens with one attached hydrogen (secondary N) is 1. The zero-order valence-corrected chi connectivity index (χ0v) is 13.8. The summed E-state index contributed by atoms with van der Waals surface area (Å²) in [6, 6.07) is 5.76. The van der Waals surface area contributed by atoms with Crippen LogP contribution in [-0.4, -0.2) is 29.9 Å². The van der Waals surface area contributed by atoms with Crippen LogP contribution in [-0.2, 0) is 4.79 Å². The third-order valence-corrected chi connectivity index (χ3v) is 4.82. The predicted molar refractivity (Wildman–Crippen MR) is 88.3 cm³/mol. The Morgan fingerprint density at radius 3 is 2.95 bits per heavy atom. The van der Waals surface area contributed by atoms with E-state index >= 15 is 0 Å². The molecule has 1 aliphatic rings. The summed E-state index contributed by atoms with van der Waals surface area (Å²) in [6.07, 6.45) is 0.882. The molecular weight excluding hydrogens is 320 g/mol. The molecule has 1 aliphatic heterocycles. The highest BCUT2D eigenvalue weighted by Crippen LogP contribution is 2.33. The highest BCUT2D eigenvalue weighted by molar-refractivity contribution is 8.00. The summed E-state index contributed by atoms with van der Waals surface area (Å²) in [5, 5.41) is 5.35. The number of nitrogens with zero attached hydrogens (tertiary/aromatic N) is 1. The second-order valence-corrected chi connectivity index (χ2v) is 6.70. The molecule has 1 amide bonds. The first-order valence-corrected chi connectivity index (χ1v) is 8.82. The average Bonchev–Trinajstić information content (AvgIpc) is 2.78. The summed E-state index contributed by atoms with van der Waals surface area (Å²) in [7, 11) is 0. The number of aryl methyl sites for hydroxylation is 1. The maximum atomic E-state index is 11.9. The van der Waals surface area contributed by atoms with Crippen LogP contribution in [0.3, 0.4) is 0 Å². The SMILES string of the molecule is Cc1csc(NC(=O)CSc2ccc3c(c2)OCCCO3)n1. The lowest BCUT2D eigenvalue weighted by Crippen LogP contribution is -2.13. The number of rotatable bonds is 4. The van der Waals surface area contributed by atoms with Crippen molar-refractivity contribution >= 4 is 34.1 Å². The van der Waals surface area contributed by atoms with E-state index in [1.54, 1.807) is 0 Å². The summed E-state index contributed by atoms with van der Waals surface area (Å²) >= 11 is 2.90. The first-order valence-electron chi connectivity index (χ1n) is 6.95. The number of hydrogen-bond donors (Lipinski definition) is 1. The quantitative estimate of drug-likeness (QED) is 0.868. The number of carbonyl (C=O) groups is 1. The summed E-state index contributed by atoms with van der Waals surface area (Å²) in [4.78, 5) is 17.1. The third-order valence-electron chi connectivity index (χ3n) is 2.95. The lowest BCUT2D eigenvalue weighted by Gasteiger charge is -2.09. The lowest BCUT2D eigenvalue weighted by atomic mass is 10.3. The van der Waals surface area contributed by atoms with Crippen molar-refractivity contribution in [2.75, 3.05) is 24.3 Å². The Kier molecular flexibility index (Phi) is 4.84. The van der Waals surface area contributed by atoms with E-state index in [9.17, 15) is 4.79 Å². The number of fused-ring (bicyclic) bond motifs is 1. The van der Waals surface area contributed by atoms with Crippen LogP contribution in [0.2, 0.25) is 0 Å². The van der Waals surface area contributed by atoms with Crippen LogP contribution in [0.1, 0.15) is 12.1 Å². The molecule has 0 fully saturated rings. The Morgan fingerprint density at radius 2 is 2.18 bits per heavy atom. The van der Waals surface area contributed by atoms with Crippen LogP contribution in [0.15, 0.2) is 28.5 Å². The van der Waals surface area contributed by atoms with Gasteiger partial charge in [0.25, 0.3) is 0 Å². The van der Waals surface area contributed by atoms with Gasteiger partial charge in [0.2, 0.25) is 5.91 Å². The van der Waals surface area contributed by atoms with Gasteiger partial charge < -0.3 is 14.8 Å². The van der Waals surface area contributed by atoms with E-state index in [1.165, 1.54) is 23.1 Å². The molecule has 0 radical (unpaired) electrons. The number of thioether (sulfide) groups is 1. The molecule has 7 heteroatoms. The van der Waals surface area contributed by atoms with E-state index in [2.05, 4.69) is 10.3 Å². The summed E-state index contributed by atoms with van der Waals surface area (Å²) in [5.74, 6) is 1.78. The predicted octanol–water partition coefficient (Wildman–Crippen LogP) is 3.34. The molecule has 0 aliphatic carbocycles. The van der Waals surface area contributed by atoms with Gasteiger partial charge in [0.1, 0.15) is 0 Å². The molecule has 0 saturated carbocycles. The Balaban J connectivity index is 1.57. The second-order valence-electron chi connectivity index (χ2n) is 4.79. The van der Waals surface area contributed by atoms with E-state index < -0.39 is 0 Å². The van der Waals surface area contributed by atoms with E-state index in [4.69, 9.17) is 9.47 Å².